The Morgan fingerprint density at radius 2 is 1.96 bits per heavy atom. The molecule has 0 aliphatic carbocycles. The van der Waals surface area contributed by atoms with Gasteiger partial charge >= 0.3 is 0 Å². The molecule has 0 saturated carbocycles. The summed E-state index contributed by atoms with van der Waals surface area (Å²) < 4.78 is 0. The maximum atomic E-state index is 11.3. The van der Waals surface area contributed by atoms with Crippen LogP contribution >= 0.6 is 0 Å². The highest BCUT2D eigenvalue weighted by Crippen LogP contribution is 2.23. The molecule has 0 radical (unpaired) electrons. The molecule has 1 aliphatic heterocycles. The van der Waals surface area contributed by atoms with Crippen LogP contribution in [0.1, 0.15) is 22.8 Å². The molecule has 3 rings (SSSR count). The van der Waals surface area contributed by atoms with Gasteiger partial charge in [0, 0.05) is 43.1 Å². The molecule has 1 aromatic carbocycles. The molecule has 1 aromatic heterocycles. The Bertz CT molecular complexity index is 698. The first-order valence-corrected chi connectivity index (χ1v) is 7.89. The number of rotatable bonds is 3. The number of piperazine rings is 1. The largest absolute Gasteiger partial charge is 0.368 e. The average molecular weight is 310 g/mol. The Morgan fingerprint density at radius 3 is 2.61 bits per heavy atom. The number of carbonyl (C=O) groups is 1. The summed E-state index contributed by atoms with van der Waals surface area (Å²) in [4.78, 5) is 20.4. The molecule has 1 unspecified atom stereocenters. The maximum Gasteiger partial charge on any atom is 0.248 e. The number of primary amides is 1. The van der Waals surface area contributed by atoms with Crippen LogP contribution in [0.25, 0.3) is 0 Å². The topological polar surface area (TPSA) is 62.5 Å². The van der Waals surface area contributed by atoms with Gasteiger partial charge in [-0.15, -0.1) is 0 Å². The van der Waals surface area contributed by atoms with Crippen LogP contribution in [0.15, 0.2) is 42.6 Å². The lowest BCUT2D eigenvalue weighted by Gasteiger charge is -2.41. The number of amides is 1. The van der Waals surface area contributed by atoms with Gasteiger partial charge in [-0.25, -0.2) is 4.98 Å². The summed E-state index contributed by atoms with van der Waals surface area (Å²) in [5.74, 6) is 0.400. The van der Waals surface area contributed by atoms with E-state index >= 15 is 0 Å². The quantitative estimate of drug-likeness (QED) is 0.944. The molecule has 1 saturated heterocycles. The van der Waals surface area contributed by atoms with E-state index in [0.29, 0.717) is 11.6 Å². The summed E-state index contributed by atoms with van der Waals surface area (Å²) in [5.41, 5.74) is 8.39. The van der Waals surface area contributed by atoms with Crippen molar-refractivity contribution in [2.24, 2.45) is 5.73 Å². The van der Waals surface area contributed by atoms with Gasteiger partial charge in [0.2, 0.25) is 5.91 Å². The highest BCUT2D eigenvalue weighted by atomic mass is 16.1. The fraction of sp³-hybridized carbons (Fsp3) is 0.333. The lowest BCUT2D eigenvalue weighted by molar-refractivity contribution is 0.1000. The molecule has 5 heteroatoms. The van der Waals surface area contributed by atoms with E-state index in [4.69, 9.17) is 5.73 Å². The first kappa shape index (κ1) is 15.3. The van der Waals surface area contributed by atoms with Crippen LogP contribution in [0, 0.1) is 6.92 Å². The minimum absolute atomic E-state index is 0.306. The van der Waals surface area contributed by atoms with Crippen LogP contribution in [0.5, 0.6) is 0 Å². The van der Waals surface area contributed by atoms with Crippen LogP contribution < -0.4 is 15.5 Å². The zero-order valence-corrected chi connectivity index (χ0v) is 13.6. The van der Waals surface area contributed by atoms with Gasteiger partial charge in [-0.2, -0.15) is 0 Å². The van der Waals surface area contributed by atoms with Gasteiger partial charge in [0.05, 0.1) is 0 Å². The monoisotopic (exact) mass is 310 g/mol. The Labute approximate surface area is 136 Å². The number of hydrogen-bond acceptors (Lipinski definition) is 4. The van der Waals surface area contributed by atoms with Crippen molar-refractivity contribution >= 4 is 17.4 Å². The molecule has 120 valence electrons. The van der Waals surface area contributed by atoms with Crippen LogP contribution in [0.2, 0.25) is 0 Å². The highest BCUT2D eigenvalue weighted by molar-refractivity contribution is 5.93. The first-order valence-electron chi connectivity index (χ1n) is 7.89. The number of benzene rings is 1. The summed E-state index contributed by atoms with van der Waals surface area (Å²) >= 11 is 0. The van der Waals surface area contributed by atoms with E-state index in [1.54, 1.807) is 18.3 Å². The van der Waals surface area contributed by atoms with E-state index in [9.17, 15) is 4.79 Å². The smallest absolute Gasteiger partial charge is 0.248 e. The van der Waals surface area contributed by atoms with Crippen molar-refractivity contribution in [3.8, 4) is 0 Å². The van der Waals surface area contributed by atoms with Crippen molar-refractivity contribution in [2.45, 2.75) is 19.9 Å². The fourth-order valence-electron chi connectivity index (χ4n) is 3.02. The van der Waals surface area contributed by atoms with Crippen LogP contribution in [-0.4, -0.2) is 36.6 Å². The lowest BCUT2D eigenvalue weighted by Crippen LogP contribution is -2.52. The highest BCUT2D eigenvalue weighted by Gasteiger charge is 2.25. The number of carbonyl (C=O) groups excluding carboxylic acids is 1. The van der Waals surface area contributed by atoms with Gasteiger partial charge in [0.15, 0.2) is 0 Å². The number of aryl methyl sites for hydroxylation is 1. The van der Waals surface area contributed by atoms with Crippen molar-refractivity contribution in [3.05, 3.63) is 53.7 Å². The number of anilines is 2. The molecule has 0 spiro atoms. The predicted octanol–water partition coefficient (Wildman–Crippen LogP) is 2.20. The lowest BCUT2D eigenvalue weighted by atomic mass is 10.1. The number of pyridine rings is 1. The van der Waals surface area contributed by atoms with Crippen molar-refractivity contribution in [1.82, 2.24) is 4.98 Å². The normalized spacial score (nSPS) is 18.1. The SMILES string of the molecule is Cc1ccc(N2CCN(c3cc(C(N)=O)ccn3)C(C)C2)cc1. The van der Waals surface area contributed by atoms with Crippen LogP contribution in [0.4, 0.5) is 11.5 Å². The molecule has 5 nitrogen and oxygen atoms in total. The van der Waals surface area contributed by atoms with E-state index in [2.05, 4.69) is 52.9 Å². The summed E-state index contributed by atoms with van der Waals surface area (Å²) in [7, 11) is 0. The third kappa shape index (κ3) is 3.28. The minimum Gasteiger partial charge on any atom is -0.368 e. The molecule has 1 fully saturated rings. The summed E-state index contributed by atoms with van der Waals surface area (Å²) in [6.07, 6.45) is 1.65. The predicted molar refractivity (Wildman–Crippen MR) is 93.0 cm³/mol. The first-order chi connectivity index (χ1) is 11.0. The second-order valence-corrected chi connectivity index (χ2v) is 6.09. The second kappa shape index (κ2) is 6.28. The van der Waals surface area contributed by atoms with Gasteiger partial charge in [-0.1, -0.05) is 17.7 Å². The van der Waals surface area contributed by atoms with Gasteiger partial charge < -0.3 is 15.5 Å². The van der Waals surface area contributed by atoms with Gasteiger partial charge in [0.1, 0.15) is 5.82 Å². The van der Waals surface area contributed by atoms with E-state index in [-0.39, 0.29) is 0 Å². The van der Waals surface area contributed by atoms with Crippen molar-refractivity contribution in [3.63, 3.8) is 0 Å². The van der Waals surface area contributed by atoms with Crippen molar-refractivity contribution in [1.29, 1.82) is 0 Å². The zero-order chi connectivity index (χ0) is 16.4. The van der Waals surface area contributed by atoms with Gasteiger partial charge in [-0.05, 0) is 38.1 Å². The Hall–Kier alpha value is -2.56. The molecule has 23 heavy (non-hydrogen) atoms. The minimum atomic E-state index is -0.417. The second-order valence-electron chi connectivity index (χ2n) is 6.09. The number of hydrogen-bond donors (Lipinski definition) is 1. The summed E-state index contributed by atoms with van der Waals surface area (Å²) in [6.45, 7) is 6.99. The van der Waals surface area contributed by atoms with Crippen molar-refractivity contribution < 1.29 is 4.79 Å². The van der Waals surface area contributed by atoms with E-state index in [1.165, 1.54) is 11.3 Å². The third-order valence-corrected chi connectivity index (χ3v) is 4.35. The van der Waals surface area contributed by atoms with E-state index in [1.807, 2.05) is 0 Å². The number of nitrogens with zero attached hydrogens (tertiary/aromatic N) is 3. The molecular formula is C18H22N4O. The van der Waals surface area contributed by atoms with Gasteiger partial charge in [0.25, 0.3) is 0 Å². The summed E-state index contributed by atoms with van der Waals surface area (Å²) in [6, 6.07) is 12.4. The Morgan fingerprint density at radius 1 is 1.22 bits per heavy atom. The maximum absolute atomic E-state index is 11.3. The zero-order valence-electron chi connectivity index (χ0n) is 13.6. The van der Waals surface area contributed by atoms with Crippen molar-refractivity contribution in [2.75, 3.05) is 29.4 Å². The molecule has 2 aromatic rings. The molecule has 0 bridgehead atoms. The molecule has 1 atom stereocenters. The third-order valence-electron chi connectivity index (χ3n) is 4.35. The molecule has 2 heterocycles. The molecule has 1 amide bonds. The fourth-order valence-corrected chi connectivity index (χ4v) is 3.02. The average Bonchev–Trinajstić information content (AvgIpc) is 2.55. The molecular weight excluding hydrogens is 288 g/mol. The Kier molecular flexibility index (Phi) is 4.19. The molecule has 1 aliphatic rings. The standard InChI is InChI=1S/C18H22N4O/c1-13-3-5-16(6-4-13)21-9-10-22(14(2)12-21)17-11-15(18(19)23)7-8-20-17/h3-8,11,14H,9-10,12H2,1-2H3,(H2,19,23). The molecule has 2 N–H and O–H groups in total. The number of nitrogens with two attached hydrogens (primary N) is 1. The van der Waals surface area contributed by atoms with E-state index in [0.717, 1.165) is 25.5 Å². The van der Waals surface area contributed by atoms with E-state index < -0.39 is 5.91 Å². The van der Waals surface area contributed by atoms with Crippen LogP contribution in [-0.2, 0) is 0 Å². The van der Waals surface area contributed by atoms with Crippen LogP contribution in [0.3, 0.4) is 0 Å². The number of aromatic nitrogens is 1. The van der Waals surface area contributed by atoms with Gasteiger partial charge in [-0.3, -0.25) is 4.79 Å². The Balaban J connectivity index is 1.75. The summed E-state index contributed by atoms with van der Waals surface area (Å²) in [5, 5.41) is 0.